The fourth-order valence-corrected chi connectivity index (χ4v) is 3.04. The lowest BCUT2D eigenvalue weighted by Gasteiger charge is -2.50. The molecule has 0 bridgehead atoms. The van der Waals surface area contributed by atoms with Crippen molar-refractivity contribution >= 4 is 12.6 Å². The summed E-state index contributed by atoms with van der Waals surface area (Å²) < 4.78 is 4.19. The zero-order valence-corrected chi connectivity index (χ0v) is 8.83. The van der Waals surface area contributed by atoms with E-state index in [0.717, 1.165) is 12.8 Å². The maximum atomic E-state index is 11.0. The van der Waals surface area contributed by atoms with Crippen LogP contribution in [0.1, 0.15) is 44.9 Å². The maximum absolute atomic E-state index is 11.0. The van der Waals surface area contributed by atoms with Gasteiger partial charge in [0.1, 0.15) is 0 Å². The van der Waals surface area contributed by atoms with Gasteiger partial charge in [-0.15, -0.1) is 0 Å². The van der Waals surface area contributed by atoms with Crippen molar-refractivity contribution in [3.8, 4) is 0 Å². The SMILES string of the molecule is O=COC(=O)NC1CC2(CCCCC2)C1. The van der Waals surface area contributed by atoms with Crippen LogP contribution >= 0.6 is 0 Å². The zero-order valence-electron chi connectivity index (χ0n) is 8.83. The van der Waals surface area contributed by atoms with Gasteiger partial charge in [0.2, 0.25) is 0 Å². The van der Waals surface area contributed by atoms with Crippen molar-refractivity contribution in [1.82, 2.24) is 5.32 Å². The molecule has 2 aliphatic rings. The predicted molar refractivity (Wildman–Crippen MR) is 54.2 cm³/mol. The monoisotopic (exact) mass is 211 g/mol. The van der Waals surface area contributed by atoms with Crippen LogP contribution in [0.15, 0.2) is 0 Å². The molecule has 1 N–H and O–H groups in total. The molecule has 0 atom stereocenters. The Labute approximate surface area is 89.4 Å². The van der Waals surface area contributed by atoms with Crippen LogP contribution in [0.3, 0.4) is 0 Å². The van der Waals surface area contributed by atoms with E-state index in [-0.39, 0.29) is 12.5 Å². The normalized spacial score (nSPS) is 24.3. The van der Waals surface area contributed by atoms with Gasteiger partial charge in [-0.05, 0) is 31.1 Å². The van der Waals surface area contributed by atoms with Crippen LogP contribution in [0, 0.1) is 5.41 Å². The molecule has 2 saturated carbocycles. The first-order valence-electron chi connectivity index (χ1n) is 5.65. The number of carbonyl (C=O) groups excluding carboxylic acids is 2. The third-order valence-electron chi connectivity index (χ3n) is 3.75. The van der Waals surface area contributed by atoms with Gasteiger partial charge >= 0.3 is 12.6 Å². The number of ether oxygens (including phenoxy) is 1. The van der Waals surface area contributed by atoms with Gasteiger partial charge in [-0.25, -0.2) is 4.79 Å². The van der Waals surface area contributed by atoms with Crippen LogP contribution in [0.25, 0.3) is 0 Å². The van der Waals surface area contributed by atoms with E-state index in [1.54, 1.807) is 0 Å². The molecule has 2 aliphatic carbocycles. The van der Waals surface area contributed by atoms with E-state index in [9.17, 15) is 9.59 Å². The first kappa shape index (κ1) is 10.5. The minimum atomic E-state index is -0.611. The van der Waals surface area contributed by atoms with Crippen molar-refractivity contribution in [3.05, 3.63) is 0 Å². The van der Waals surface area contributed by atoms with Gasteiger partial charge in [0.15, 0.2) is 0 Å². The Hall–Kier alpha value is -1.06. The molecule has 0 saturated heterocycles. The Morgan fingerprint density at radius 3 is 2.53 bits per heavy atom. The van der Waals surface area contributed by atoms with Crippen LogP contribution in [0.5, 0.6) is 0 Å². The van der Waals surface area contributed by atoms with Gasteiger partial charge < -0.3 is 10.1 Å². The summed E-state index contributed by atoms with van der Waals surface area (Å²) in [5.41, 5.74) is 0.497. The Morgan fingerprint density at radius 2 is 1.93 bits per heavy atom. The highest BCUT2D eigenvalue weighted by Crippen LogP contribution is 2.51. The number of amides is 1. The maximum Gasteiger partial charge on any atom is 0.414 e. The molecule has 0 heterocycles. The van der Waals surface area contributed by atoms with E-state index >= 15 is 0 Å². The van der Waals surface area contributed by atoms with E-state index in [0.29, 0.717) is 5.41 Å². The smallest absolute Gasteiger partial charge is 0.379 e. The Bertz CT molecular complexity index is 251. The summed E-state index contributed by atoms with van der Waals surface area (Å²) in [4.78, 5) is 20.9. The second kappa shape index (κ2) is 4.21. The molecule has 0 aromatic heterocycles. The lowest BCUT2D eigenvalue weighted by molar-refractivity contribution is -0.123. The van der Waals surface area contributed by atoms with Crippen molar-refractivity contribution in [2.24, 2.45) is 5.41 Å². The number of hydrogen-bond acceptors (Lipinski definition) is 3. The van der Waals surface area contributed by atoms with Crippen LogP contribution < -0.4 is 5.32 Å². The standard InChI is InChI=1S/C11H17NO3/c13-8-15-10(14)12-9-6-11(7-9)4-2-1-3-5-11/h8-9H,1-7H2,(H,12,14). The number of rotatable bonds is 2. The third-order valence-corrected chi connectivity index (χ3v) is 3.75. The number of carbonyl (C=O) groups is 2. The summed E-state index contributed by atoms with van der Waals surface area (Å²) in [6.45, 7) is 0.171. The van der Waals surface area contributed by atoms with Crippen LogP contribution in [0.2, 0.25) is 0 Å². The van der Waals surface area contributed by atoms with Gasteiger partial charge in [0, 0.05) is 6.04 Å². The number of alkyl carbamates (subject to hydrolysis) is 1. The molecule has 1 spiro atoms. The van der Waals surface area contributed by atoms with Gasteiger partial charge in [-0.3, -0.25) is 4.79 Å². The van der Waals surface area contributed by atoms with E-state index in [1.165, 1.54) is 32.1 Å². The summed E-state index contributed by atoms with van der Waals surface area (Å²) in [7, 11) is 0. The average molecular weight is 211 g/mol. The molecule has 4 nitrogen and oxygen atoms in total. The lowest BCUT2D eigenvalue weighted by Crippen LogP contribution is -2.51. The fourth-order valence-electron chi connectivity index (χ4n) is 3.04. The van der Waals surface area contributed by atoms with E-state index in [4.69, 9.17) is 0 Å². The second-order valence-corrected chi connectivity index (χ2v) is 4.81. The Kier molecular flexibility index (Phi) is 2.93. The summed E-state index contributed by atoms with van der Waals surface area (Å²) in [6.07, 6.45) is 8.11. The molecule has 0 unspecified atom stereocenters. The molecule has 15 heavy (non-hydrogen) atoms. The predicted octanol–water partition coefficient (Wildman–Crippen LogP) is 1.98. The quantitative estimate of drug-likeness (QED) is 0.561. The number of nitrogens with one attached hydrogen (secondary N) is 1. The minimum Gasteiger partial charge on any atom is -0.379 e. The number of hydrogen-bond donors (Lipinski definition) is 1. The molecule has 2 rings (SSSR count). The van der Waals surface area contributed by atoms with Crippen molar-refractivity contribution in [3.63, 3.8) is 0 Å². The minimum absolute atomic E-state index is 0.171. The average Bonchev–Trinajstić information content (AvgIpc) is 2.17. The second-order valence-electron chi connectivity index (χ2n) is 4.81. The Morgan fingerprint density at radius 1 is 1.27 bits per heavy atom. The van der Waals surface area contributed by atoms with Gasteiger partial charge in [0.05, 0.1) is 0 Å². The van der Waals surface area contributed by atoms with Gasteiger partial charge in [-0.2, -0.15) is 0 Å². The fraction of sp³-hybridized carbons (Fsp3) is 0.818. The molecule has 84 valence electrons. The first-order valence-corrected chi connectivity index (χ1v) is 5.65. The highest BCUT2D eigenvalue weighted by Gasteiger charge is 2.44. The van der Waals surface area contributed by atoms with Gasteiger partial charge in [-0.1, -0.05) is 19.3 Å². The molecule has 4 heteroatoms. The van der Waals surface area contributed by atoms with Crippen LogP contribution in [-0.2, 0) is 9.53 Å². The van der Waals surface area contributed by atoms with Crippen molar-refractivity contribution in [2.45, 2.75) is 51.0 Å². The molecule has 0 aromatic carbocycles. The van der Waals surface area contributed by atoms with Crippen molar-refractivity contribution < 1.29 is 14.3 Å². The summed E-state index contributed by atoms with van der Waals surface area (Å²) in [5, 5.41) is 2.70. The topological polar surface area (TPSA) is 55.4 Å². The molecule has 0 radical (unpaired) electrons. The van der Waals surface area contributed by atoms with Gasteiger partial charge in [0.25, 0.3) is 0 Å². The molecule has 2 fully saturated rings. The zero-order chi connectivity index (χ0) is 10.7. The molecule has 0 aromatic rings. The molecular formula is C11H17NO3. The largest absolute Gasteiger partial charge is 0.414 e. The summed E-state index contributed by atoms with van der Waals surface area (Å²) >= 11 is 0. The summed E-state index contributed by atoms with van der Waals surface area (Å²) in [5.74, 6) is 0. The highest BCUT2D eigenvalue weighted by molar-refractivity contribution is 5.74. The molecule has 1 amide bonds. The molecular weight excluding hydrogens is 194 g/mol. The van der Waals surface area contributed by atoms with Crippen molar-refractivity contribution in [1.29, 1.82) is 0 Å². The van der Waals surface area contributed by atoms with E-state index < -0.39 is 6.09 Å². The molecule has 0 aliphatic heterocycles. The van der Waals surface area contributed by atoms with E-state index in [1.807, 2.05) is 0 Å². The first-order chi connectivity index (χ1) is 7.24. The van der Waals surface area contributed by atoms with Crippen LogP contribution in [0.4, 0.5) is 4.79 Å². The third kappa shape index (κ3) is 2.30. The lowest BCUT2D eigenvalue weighted by atomic mass is 9.58. The highest BCUT2D eigenvalue weighted by atomic mass is 16.6. The van der Waals surface area contributed by atoms with Crippen molar-refractivity contribution in [2.75, 3.05) is 0 Å². The Balaban J connectivity index is 1.72. The van der Waals surface area contributed by atoms with E-state index in [2.05, 4.69) is 10.1 Å². The summed E-state index contributed by atoms with van der Waals surface area (Å²) in [6, 6.07) is 0.218. The van der Waals surface area contributed by atoms with Crippen LogP contribution in [-0.4, -0.2) is 18.6 Å².